The van der Waals surface area contributed by atoms with Gasteiger partial charge in [0.1, 0.15) is 0 Å². The van der Waals surface area contributed by atoms with Gasteiger partial charge in [-0.1, -0.05) is 66.7 Å². The van der Waals surface area contributed by atoms with Crippen LogP contribution >= 0.6 is 7.60 Å². The van der Waals surface area contributed by atoms with Crippen molar-refractivity contribution >= 4 is 18.9 Å². The van der Waals surface area contributed by atoms with E-state index in [1.807, 2.05) is 72.8 Å². The summed E-state index contributed by atoms with van der Waals surface area (Å²) in [4.78, 5) is 8.88. The van der Waals surface area contributed by atoms with Crippen LogP contribution in [0.4, 0.5) is 5.88 Å². The van der Waals surface area contributed by atoms with Gasteiger partial charge in [-0.2, -0.15) is 0 Å². The lowest BCUT2D eigenvalue weighted by Gasteiger charge is -2.16. The van der Waals surface area contributed by atoms with Gasteiger partial charge < -0.3 is 18.8 Å². The summed E-state index contributed by atoms with van der Waals surface area (Å²) < 4.78 is 31.2. The first-order chi connectivity index (χ1) is 16.6. The van der Waals surface area contributed by atoms with Gasteiger partial charge in [0.15, 0.2) is 0 Å². The number of pyridine rings is 1. The van der Waals surface area contributed by atoms with Gasteiger partial charge in [0.2, 0.25) is 17.2 Å². The van der Waals surface area contributed by atoms with Gasteiger partial charge in [-0.3, -0.25) is 9.55 Å². The van der Waals surface area contributed by atoms with Crippen molar-refractivity contribution in [3.05, 3.63) is 108 Å². The molecule has 7 nitrogen and oxygen atoms in total. The molecule has 0 saturated carbocycles. The highest BCUT2D eigenvalue weighted by Crippen LogP contribution is 2.49. The number of anilines is 1. The topological polar surface area (TPSA) is 86.5 Å². The van der Waals surface area contributed by atoms with Crippen molar-refractivity contribution in [3.8, 4) is 0 Å². The molecule has 2 aromatic heterocycles. The number of hydrogen-bond acceptors (Lipinski definition) is 7. The number of nitrogens with one attached hydrogen (secondary N) is 1. The van der Waals surface area contributed by atoms with Crippen molar-refractivity contribution in [3.63, 3.8) is 0 Å². The van der Waals surface area contributed by atoms with E-state index in [4.69, 9.17) is 18.4 Å². The Morgan fingerprint density at radius 1 is 0.912 bits per heavy atom. The predicted octanol–water partition coefficient (Wildman–Crippen LogP) is 5.75. The van der Waals surface area contributed by atoms with E-state index < -0.39 is 7.60 Å². The van der Waals surface area contributed by atoms with Crippen LogP contribution in [0.25, 0.3) is 0 Å². The van der Waals surface area contributed by atoms with Gasteiger partial charge in [-0.05, 0) is 36.6 Å². The minimum atomic E-state index is -3.72. The molecule has 0 atom stereocenters. The second-order valence-corrected chi connectivity index (χ2v) is 9.44. The molecule has 0 amide bonds. The van der Waals surface area contributed by atoms with E-state index in [0.717, 1.165) is 16.7 Å². The van der Waals surface area contributed by atoms with Crippen LogP contribution in [0.1, 0.15) is 42.3 Å². The maximum Gasteiger partial charge on any atom is 0.385 e. The lowest BCUT2D eigenvalue weighted by Crippen LogP contribution is -2.17. The molecule has 2 heterocycles. The first-order valence-corrected chi connectivity index (χ1v) is 12.8. The molecule has 34 heavy (non-hydrogen) atoms. The predicted molar refractivity (Wildman–Crippen MR) is 132 cm³/mol. The van der Waals surface area contributed by atoms with E-state index in [1.54, 1.807) is 26.2 Å². The SMILES string of the molecule is CCOP(=O)(OCC)c1nc(C(c2ccccc2)c2ccccc2)oc1NCc1cccnc1. The molecule has 0 radical (unpaired) electrons. The molecule has 0 aliphatic carbocycles. The third kappa shape index (κ3) is 5.45. The Morgan fingerprint density at radius 3 is 2.06 bits per heavy atom. The molecule has 4 rings (SSSR count). The zero-order valence-corrected chi connectivity index (χ0v) is 20.2. The summed E-state index contributed by atoms with van der Waals surface area (Å²) in [5.41, 5.74) is 3.09. The molecule has 8 heteroatoms. The number of nitrogens with zero attached hydrogens (tertiary/aromatic N) is 2. The summed E-state index contributed by atoms with van der Waals surface area (Å²) in [5.74, 6) is 0.369. The Balaban J connectivity index is 1.81. The molecule has 4 aromatic rings. The Kier molecular flexibility index (Phi) is 7.91. The molecule has 0 unspecified atom stereocenters. The molecule has 1 N–H and O–H groups in total. The highest BCUT2D eigenvalue weighted by molar-refractivity contribution is 7.62. The van der Waals surface area contributed by atoms with Gasteiger partial charge in [-0.25, -0.2) is 4.98 Å². The zero-order chi connectivity index (χ0) is 23.8. The van der Waals surface area contributed by atoms with Crippen molar-refractivity contribution in [1.82, 2.24) is 9.97 Å². The molecule has 0 aliphatic heterocycles. The van der Waals surface area contributed by atoms with E-state index in [0.29, 0.717) is 12.4 Å². The molecule has 0 bridgehead atoms. The second kappa shape index (κ2) is 11.3. The fourth-order valence-electron chi connectivity index (χ4n) is 3.71. The van der Waals surface area contributed by atoms with E-state index in [-0.39, 0.29) is 30.5 Å². The lowest BCUT2D eigenvalue weighted by molar-refractivity contribution is 0.229. The largest absolute Gasteiger partial charge is 0.423 e. The monoisotopic (exact) mass is 477 g/mol. The van der Waals surface area contributed by atoms with Crippen molar-refractivity contribution in [1.29, 1.82) is 0 Å². The molecule has 0 aliphatic rings. The first-order valence-electron chi connectivity index (χ1n) is 11.3. The number of hydrogen-bond donors (Lipinski definition) is 1. The minimum absolute atomic E-state index is 0.145. The summed E-state index contributed by atoms with van der Waals surface area (Å²) >= 11 is 0. The smallest absolute Gasteiger partial charge is 0.385 e. The Morgan fingerprint density at radius 2 is 1.53 bits per heavy atom. The Labute approximate surface area is 199 Å². The summed E-state index contributed by atoms with van der Waals surface area (Å²) in [6.45, 7) is 4.37. The molecule has 0 saturated heterocycles. The quantitative estimate of drug-likeness (QED) is 0.275. The zero-order valence-electron chi connectivity index (χ0n) is 19.3. The molecule has 2 aromatic carbocycles. The minimum Gasteiger partial charge on any atom is -0.423 e. The number of rotatable bonds is 11. The van der Waals surface area contributed by atoms with Gasteiger partial charge in [0, 0.05) is 18.9 Å². The summed E-state index contributed by atoms with van der Waals surface area (Å²) in [6, 6.07) is 23.7. The van der Waals surface area contributed by atoms with Crippen molar-refractivity contribution in [2.24, 2.45) is 0 Å². The Bertz CT molecular complexity index is 1170. The van der Waals surface area contributed by atoms with E-state index in [9.17, 15) is 4.57 Å². The van der Waals surface area contributed by atoms with Crippen molar-refractivity contribution in [2.45, 2.75) is 26.3 Å². The Hall–Kier alpha value is -3.25. The average molecular weight is 478 g/mol. The summed E-state index contributed by atoms with van der Waals surface area (Å²) in [7, 11) is -3.72. The van der Waals surface area contributed by atoms with Gasteiger partial charge in [0.05, 0.1) is 19.1 Å². The summed E-state index contributed by atoms with van der Waals surface area (Å²) in [5, 5.41) is 3.23. The first kappa shape index (κ1) is 23.9. The van der Waals surface area contributed by atoms with E-state index in [1.165, 1.54) is 0 Å². The second-order valence-electron chi connectivity index (χ2n) is 7.51. The van der Waals surface area contributed by atoms with Crippen molar-refractivity contribution < 1.29 is 18.0 Å². The van der Waals surface area contributed by atoms with Crippen LogP contribution in [-0.2, 0) is 20.2 Å². The highest BCUT2D eigenvalue weighted by Gasteiger charge is 2.37. The number of benzene rings is 2. The standard InChI is InChI=1S/C26H28N3O4P/c1-3-31-34(30,32-4-2)26-25(28-19-20-12-11-17-27-18-20)33-24(29-26)23(21-13-7-5-8-14-21)22-15-9-6-10-16-22/h5-18,23,28H,3-4,19H2,1-2H3. The van der Waals surface area contributed by atoms with Gasteiger partial charge in [-0.15, -0.1) is 0 Å². The van der Waals surface area contributed by atoms with Crippen molar-refractivity contribution in [2.75, 3.05) is 18.5 Å². The van der Waals surface area contributed by atoms with Crippen LogP contribution < -0.4 is 10.8 Å². The molecule has 176 valence electrons. The van der Waals surface area contributed by atoms with Crippen LogP contribution in [0, 0.1) is 0 Å². The normalized spacial score (nSPS) is 11.6. The van der Waals surface area contributed by atoms with E-state index in [2.05, 4.69) is 10.3 Å². The third-order valence-corrected chi connectivity index (χ3v) is 7.19. The maximum atomic E-state index is 13.7. The van der Waals surface area contributed by atoms with Gasteiger partial charge in [0.25, 0.3) is 0 Å². The number of aromatic nitrogens is 2. The fourth-order valence-corrected chi connectivity index (χ4v) is 5.30. The lowest BCUT2D eigenvalue weighted by atomic mass is 9.91. The molecular formula is C26H28N3O4P. The van der Waals surface area contributed by atoms with Crippen LogP contribution in [0.5, 0.6) is 0 Å². The maximum absolute atomic E-state index is 13.7. The van der Waals surface area contributed by atoms with Crippen LogP contribution in [0.3, 0.4) is 0 Å². The number of oxazole rings is 1. The van der Waals surface area contributed by atoms with E-state index >= 15 is 0 Å². The third-order valence-electron chi connectivity index (χ3n) is 5.17. The highest BCUT2D eigenvalue weighted by atomic mass is 31.2. The summed E-state index contributed by atoms with van der Waals surface area (Å²) in [6.07, 6.45) is 3.47. The molecular weight excluding hydrogens is 449 g/mol. The van der Waals surface area contributed by atoms with Crippen LogP contribution in [-0.4, -0.2) is 23.2 Å². The van der Waals surface area contributed by atoms with Crippen LogP contribution in [0.15, 0.2) is 89.6 Å². The molecule has 0 fully saturated rings. The van der Waals surface area contributed by atoms with Gasteiger partial charge >= 0.3 is 7.60 Å². The fraction of sp³-hybridized carbons (Fsp3) is 0.231. The molecule has 0 spiro atoms. The van der Waals surface area contributed by atoms with Crippen LogP contribution in [0.2, 0.25) is 0 Å². The average Bonchev–Trinajstić information content (AvgIpc) is 3.30.